The highest BCUT2D eigenvalue weighted by Crippen LogP contribution is 2.34. The van der Waals surface area contributed by atoms with Gasteiger partial charge >= 0.3 is 0 Å². The second-order valence-corrected chi connectivity index (χ2v) is 14.2. The predicted molar refractivity (Wildman–Crippen MR) is 233 cm³/mol. The van der Waals surface area contributed by atoms with Crippen LogP contribution in [0, 0.1) is 6.92 Å². The van der Waals surface area contributed by atoms with E-state index in [4.69, 9.17) is 19.9 Å². The summed E-state index contributed by atoms with van der Waals surface area (Å²) in [5.74, 6) is 0.665. The fourth-order valence-corrected chi connectivity index (χ4v) is 7.49. The Bertz CT molecular complexity index is 3000. The lowest BCUT2D eigenvalue weighted by atomic mass is 9.98. The maximum atomic E-state index is 5.28. The van der Waals surface area contributed by atoms with Crippen molar-refractivity contribution in [1.82, 2.24) is 24.9 Å². The van der Waals surface area contributed by atoms with Crippen LogP contribution >= 0.6 is 0 Å². The zero-order valence-electron chi connectivity index (χ0n) is 31.2. The summed E-state index contributed by atoms with van der Waals surface area (Å²) in [6, 6.07) is 65.0. The van der Waals surface area contributed by atoms with Crippen molar-refractivity contribution in [2.75, 3.05) is 0 Å². The monoisotopic (exact) mass is 729 g/mol. The Kier molecular flexibility index (Phi) is 8.65. The van der Waals surface area contributed by atoms with Crippen LogP contribution in [-0.4, -0.2) is 24.9 Å². The van der Waals surface area contributed by atoms with E-state index in [0.717, 1.165) is 89.2 Å². The zero-order chi connectivity index (χ0) is 38.1. The first-order chi connectivity index (χ1) is 28.1. The molecule has 0 aliphatic carbocycles. The number of fused-ring (bicyclic) bond motifs is 3. The number of pyridine rings is 3. The highest BCUT2D eigenvalue weighted by Gasteiger charge is 2.14. The minimum Gasteiger partial charge on any atom is -0.255 e. The molecule has 5 heteroatoms. The van der Waals surface area contributed by atoms with Crippen LogP contribution in [0.1, 0.15) is 5.56 Å². The smallest absolute Gasteiger partial charge is 0.160 e. The van der Waals surface area contributed by atoms with Crippen LogP contribution in [0.15, 0.2) is 194 Å². The van der Waals surface area contributed by atoms with Gasteiger partial charge in [-0.2, -0.15) is 0 Å². The van der Waals surface area contributed by atoms with Gasteiger partial charge in [0.15, 0.2) is 5.82 Å². The lowest BCUT2D eigenvalue weighted by Gasteiger charge is -2.12. The zero-order valence-corrected chi connectivity index (χ0v) is 31.2. The molecule has 0 radical (unpaired) electrons. The summed E-state index contributed by atoms with van der Waals surface area (Å²) in [7, 11) is 0. The molecule has 10 aromatic rings. The van der Waals surface area contributed by atoms with Gasteiger partial charge in [-0.25, -0.2) is 19.9 Å². The van der Waals surface area contributed by atoms with Gasteiger partial charge in [-0.1, -0.05) is 146 Å². The van der Waals surface area contributed by atoms with Crippen LogP contribution in [0.25, 0.3) is 101 Å². The van der Waals surface area contributed by atoms with Gasteiger partial charge in [-0.05, 0) is 77.2 Å². The molecule has 0 saturated heterocycles. The van der Waals surface area contributed by atoms with Crippen molar-refractivity contribution in [3.8, 4) is 78.8 Å². The molecule has 0 spiro atoms. The van der Waals surface area contributed by atoms with Crippen molar-refractivity contribution < 1.29 is 0 Å². The van der Waals surface area contributed by atoms with Gasteiger partial charge in [-0.15, -0.1) is 0 Å². The third-order valence-corrected chi connectivity index (χ3v) is 10.5. The van der Waals surface area contributed by atoms with Crippen LogP contribution in [0.3, 0.4) is 0 Å². The standard InChI is InChI=1S/C52H35N5/c1-34-30-47(55-51-44(34)27-25-38-26-28-45(54-50(38)51)42-18-10-16-40(31-42)35-12-4-2-5-13-35)37-23-21-36(22-24-37)41-17-11-19-43(32-41)48-33-49(46-20-8-9-29-53-46)57-52(56-48)39-14-6-3-7-15-39/h2-33H,1H3. The second kappa shape index (κ2) is 14.5. The highest BCUT2D eigenvalue weighted by molar-refractivity contribution is 6.05. The highest BCUT2D eigenvalue weighted by atomic mass is 14.9. The average Bonchev–Trinajstić information content (AvgIpc) is 3.29. The minimum atomic E-state index is 0.665. The Labute approximate surface area is 331 Å². The SMILES string of the molecule is Cc1cc(-c2ccc(-c3cccc(-c4cc(-c5ccccn5)nc(-c5ccccc5)n4)c3)cc2)nc2c1ccc1ccc(-c3cccc(-c4ccccc4)c3)nc12. The number of hydrogen-bond acceptors (Lipinski definition) is 5. The molecule has 6 aromatic carbocycles. The Morgan fingerprint density at radius 2 is 0.877 bits per heavy atom. The number of rotatable bonds is 7. The molecule has 4 heterocycles. The van der Waals surface area contributed by atoms with Crippen LogP contribution in [0.2, 0.25) is 0 Å². The first-order valence-electron chi connectivity index (χ1n) is 19.1. The molecule has 0 N–H and O–H groups in total. The van der Waals surface area contributed by atoms with Crippen LogP contribution < -0.4 is 0 Å². The first-order valence-corrected chi connectivity index (χ1v) is 19.1. The van der Waals surface area contributed by atoms with Crippen LogP contribution in [0.5, 0.6) is 0 Å². The molecule has 268 valence electrons. The van der Waals surface area contributed by atoms with Crippen molar-refractivity contribution in [2.45, 2.75) is 6.92 Å². The molecule has 5 nitrogen and oxygen atoms in total. The van der Waals surface area contributed by atoms with Gasteiger partial charge in [0, 0.05) is 39.2 Å². The molecule has 0 fully saturated rings. The third kappa shape index (κ3) is 6.72. The van der Waals surface area contributed by atoms with Crippen molar-refractivity contribution in [3.63, 3.8) is 0 Å². The third-order valence-electron chi connectivity index (χ3n) is 10.5. The number of nitrogens with zero attached hydrogens (tertiary/aromatic N) is 5. The van der Waals surface area contributed by atoms with E-state index in [2.05, 4.69) is 139 Å². The molecule has 57 heavy (non-hydrogen) atoms. The molecule has 0 aliphatic rings. The van der Waals surface area contributed by atoms with E-state index in [1.54, 1.807) is 6.20 Å². The maximum Gasteiger partial charge on any atom is 0.160 e. The molecule has 0 saturated carbocycles. The molecule has 0 unspecified atom stereocenters. The fourth-order valence-electron chi connectivity index (χ4n) is 7.49. The molecule has 0 atom stereocenters. The average molecular weight is 730 g/mol. The summed E-state index contributed by atoms with van der Waals surface area (Å²) in [6.45, 7) is 2.15. The van der Waals surface area contributed by atoms with E-state index >= 15 is 0 Å². The Morgan fingerprint density at radius 3 is 1.60 bits per heavy atom. The van der Waals surface area contributed by atoms with E-state index < -0.39 is 0 Å². The van der Waals surface area contributed by atoms with E-state index in [9.17, 15) is 0 Å². The van der Waals surface area contributed by atoms with Crippen LogP contribution in [-0.2, 0) is 0 Å². The van der Waals surface area contributed by atoms with Crippen molar-refractivity contribution in [2.24, 2.45) is 0 Å². The van der Waals surface area contributed by atoms with E-state index in [1.165, 1.54) is 11.1 Å². The quantitative estimate of drug-likeness (QED) is 0.153. The number of aryl methyl sites for hydroxylation is 1. The van der Waals surface area contributed by atoms with E-state index in [0.29, 0.717) is 5.82 Å². The van der Waals surface area contributed by atoms with Crippen LogP contribution in [0.4, 0.5) is 0 Å². The van der Waals surface area contributed by atoms with E-state index in [1.807, 2.05) is 60.7 Å². The Balaban J connectivity index is 0.993. The summed E-state index contributed by atoms with van der Waals surface area (Å²) < 4.78 is 0. The van der Waals surface area contributed by atoms with Gasteiger partial charge in [0.2, 0.25) is 0 Å². The second-order valence-electron chi connectivity index (χ2n) is 14.2. The van der Waals surface area contributed by atoms with E-state index in [-0.39, 0.29) is 0 Å². The predicted octanol–water partition coefficient (Wildman–Crippen LogP) is 12.9. The summed E-state index contributed by atoms with van der Waals surface area (Å²) >= 11 is 0. The summed E-state index contributed by atoms with van der Waals surface area (Å²) in [4.78, 5) is 25.0. The molecule has 0 amide bonds. The lowest BCUT2D eigenvalue weighted by Crippen LogP contribution is -1.97. The molecular weight excluding hydrogens is 695 g/mol. The van der Waals surface area contributed by atoms with Gasteiger partial charge < -0.3 is 0 Å². The maximum absolute atomic E-state index is 5.28. The number of benzene rings is 6. The molecular formula is C52H35N5. The van der Waals surface area contributed by atoms with Crippen molar-refractivity contribution in [1.29, 1.82) is 0 Å². The van der Waals surface area contributed by atoms with Gasteiger partial charge in [-0.3, -0.25) is 4.98 Å². The molecule has 10 rings (SSSR count). The van der Waals surface area contributed by atoms with Gasteiger partial charge in [0.05, 0.1) is 39.5 Å². The fraction of sp³-hybridized carbons (Fsp3) is 0.0192. The van der Waals surface area contributed by atoms with Gasteiger partial charge in [0.25, 0.3) is 0 Å². The number of aromatic nitrogens is 5. The molecule has 0 aliphatic heterocycles. The topological polar surface area (TPSA) is 64.5 Å². The molecule has 4 aromatic heterocycles. The van der Waals surface area contributed by atoms with Gasteiger partial charge in [0.1, 0.15) is 0 Å². The van der Waals surface area contributed by atoms with Crippen molar-refractivity contribution in [3.05, 3.63) is 200 Å². The molecule has 0 bridgehead atoms. The largest absolute Gasteiger partial charge is 0.255 e. The van der Waals surface area contributed by atoms with Crippen molar-refractivity contribution >= 4 is 21.8 Å². The summed E-state index contributed by atoms with van der Waals surface area (Å²) in [6.07, 6.45) is 1.79. The Hall–Kier alpha value is -7.63. The minimum absolute atomic E-state index is 0.665. The normalized spacial score (nSPS) is 11.2. The lowest BCUT2D eigenvalue weighted by molar-refractivity contribution is 1.16. The summed E-state index contributed by atoms with van der Waals surface area (Å²) in [5, 5.41) is 2.17. The number of hydrogen-bond donors (Lipinski definition) is 0. The Morgan fingerprint density at radius 1 is 0.316 bits per heavy atom. The summed E-state index contributed by atoms with van der Waals surface area (Å²) in [5.41, 5.74) is 15.9. The first kappa shape index (κ1) is 33.9.